The zero-order valence-corrected chi connectivity index (χ0v) is 12.2. The lowest BCUT2D eigenvalue weighted by Crippen LogP contribution is -2.37. The van der Waals surface area contributed by atoms with E-state index in [4.69, 9.17) is 0 Å². The normalized spacial score (nSPS) is 14.7. The molecule has 0 saturated carbocycles. The Morgan fingerprint density at radius 1 is 1.28 bits per heavy atom. The Kier molecular flexibility index (Phi) is 6.91. The van der Waals surface area contributed by atoms with Crippen molar-refractivity contribution in [3.63, 3.8) is 0 Å². The van der Waals surface area contributed by atoms with Gasteiger partial charge >= 0.3 is 0 Å². The third-order valence-electron chi connectivity index (χ3n) is 3.50. The second-order valence-corrected chi connectivity index (χ2v) is 5.13. The molecule has 18 heavy (non-hydrogen) atoms. The van der Waals surface area contributed by atoms with Crippen molar-refractivity contribution in [1.82, 2.24) is 15.2 Å². The van der Waals surface area contributed by atoms with Crippen LogP contribution in [0.5, 0.6) is 0 Å². The molecule has 0 aliphatic rings. The second kappa shape index (κ2) is 8.22. The Hall–Kier alpha value is -0.930. The van der Waals surface area contributed by atoms with Gasteiger partial charge in [-0.05, 0) is 58.0 Å². The molecular weight excluding hydrogens is 222 g/mol. The lowest BCUT2D eigenvalue weighted by Gasteiger charge is -2.27. The van der Waals surface area contributed by atoms with Crippen LogP contribution in [-0.4, -0.2) is 42.1 Å². The van der Waals surface area contributed by atoms with Crippen molar-refractivity contribution < 1.29 is 0 Å². The fourth-order valence-corrected chi connectivity index (χ4v) is 2.20. The van der Waals surface area contributed by atoms with Crippen LogP contribution in [-0.2, 0) is 6.42 Å². The molecule has 1 aromatic heterocycles. The lowest BCUT2D eigenvalue weighted by molar-refractivity contribution is 0.233. The fraction of sp³-hybridized carbons (Fsp3) is 0.667. The first-order valence-corrected chi connectivity index (χ1v) is 6.96. The summed E-state index contributed by atoms with van der Waals surface area (Å²) in [5.41, 5.74) is 1.36. The fourth-order valence-electron chi connectivity index (χ4n) is 2.20. The van der Waals surface area contributed by atoms with Crippen LogP contribution in [0, 0.1) is 0 Å². The van der Waals surface area contributed by atoms with Gasteiger partial charge in [-0.25, -0.2) is 0 Å². The van der Waals surface area contributed by atoms with Crippen LogP contribution < -0.4 is 5.32 Å². The van der Waals surface area contributed by atoms with E-state index in [0.717, 1.165) is 19.5 Å². The minimum Gasteiger partial charge on any atom is -0.314 e. The maximum absolute atomic E-state index is 4.05. The molecule has 2 atom stereocenters. The minimum absolute atomic E-state index is 0.591. The maximum atomic E-state index is 4.05. The molecule has 2 unspecified atom stereocenters. The summed E-state index contributed by atoms with van der Waals surface area (Å²) < 4.78 is 0. The van der Waals surface area contributed by atoms with Crippen LogP contribution in [0.15, 0.2) is 24.5 Å². The monoisotopic (exact) mass is 249 g/mol. The summed E-state index contributed by atoms with van der Waals surface area (Å²) in [4.78, 5) is 6.48. The predicted molar refractivity (Wildman–Crippen MR) is 77.8 cm³/mol. The van der Waals surface area contributed by atoms with Gasteiger partial charge < -0.3 is 10.2 Å². The predicted octanol–water partition coefficient (Wildman–Crippen LogP) is 2.33. The smallest absolute Gasteiger partial charge is 0.0270 e. The van der Waals surface area contributed by atoms with Crippen LogP contribution in [0.2, 0.25) is 0 Å². The highest BCUT2D eigenvalue weighted by Gasteiger charge is 2.12. The number of nitrogens with zero attached hydrogens (tertiary/aromatic N) is 2. The van der Waals surface area contributed by atoms with E-state index in [1.54, 1.807) is 0 Å². The van der Waals surface area contributed by atoms with Crippen molar-refractivity contribution in [1.29, 1.82) is 0 Å². The molecule has 1 aromatic rings. The van der Waals surface area contributed by atoms with Gasteiger partial charge in [0.1, 0.15) is 0 Å². The Morgan fingerprint density at radius 3 is 2.56 bits per heavy atom. The quantitative estimate of drug-likeness (QED) is 0.766. The average Bonchev–Trinajstić information content (AvgIpc) is 2.37. The van der Waals surface area contributed by atoms with E-state index in [-0.39, 0.29) is 0 Å². The average molecular weight is 249 g/mol. The Morgan fingerprint density at radius 2 is 1.94 bits per heavy atom. The second-order valence-electron chi connectivity index (χ2n) is 5.13. The van der Waals surface area contributed by atoms with Crippen molar-refractivity contribution in [2.24, 2.45) is 0 Å². The summed E-state index contributed by atoms with van der Waals surface area (Å²) in [7, 11) is 2.21. The molecule has 0 amide bonds. The van der Waals surface area contributed by atoms with E-state index in [1.807, 2.05) is 12.4 Å². The van der Waals surface area contributed by atoms with Crippen LogP contribution in [0.25, 0.3) is 0 Å². The van der Waals surface area contributed by atoms with Crippen molar-refractivity contribution in [3.05, 3.63) is 30.1 Å². The maximum Gasteiger partial charge on any atom is 0.0270 e. The number of hydrogen-bond acceptors (Lipinski definition) is 3. The first-order chi connectivity index (χ1) is 8.63. The molecule has 1 N–H and O–H groups in total. The van der Waals surface area contributed by atoms with Gasteiger partial charge in [-0.2, -0.15) is 0 Å². The summed E-state index contributed by atoms with van der Waals surface area (Å²) >= 11 is 0. The van der Waals surface area contributed by atoms with Crippen molar-refractivity contribution in [3.8, 4) is 0 Å². The van der Waals surface area contributed by atoms with E-state index in [0.29, 0.717) is 12.1 Å². The Bertz CT molecular complexity index is 313. The van der Waals surface area contributed by atoms with Gasteiger partial charge in [0.15, 0.2) is 0 Å². The third-order valence-corrected chi connectivity index (χ3v) is 3.50. The zero-order valence-electron chi connectivity index (χ0n) is 12.2. The molecule has 0 aliphatic carbocycles. The van der Waals surface area contributed by atoms with Crippen molar-refractivity contribution in [2.75, 3.05) is 20.1 Å². The third kappa shape index (κ3) is 5.61. The van der Waals surface area contributed by atoms with E-state index in [9.17, 15) is 0 Å². The topological polar surface area (TPSA) is 28.2 Å². The van der Waals surface area contributed by atoms with Gasteiger partial charge in [0.25, 0.3) is 0 Å². The molecule has 3 nitrogen and oxygen atoms in total. The van der Waals surface area contributed by atoms with Crippen LogP contribution in [0.3, 0.4) is 0 Å². The highest BCUT2D eigenvalue weighted by Crippen LogP contribution is 2.07. The van der Waals surface area contributed by atoms with Crippen LogP contribution in [0.1, 0.15) is 32.8 Å². The number of hydrogen-bond donors (Lipinski definition) is 1. The molecule has 0 aromatic carbocycles. The summed E-state index contributed by atoms with van der Waals surface area (Å²) in [5, 5.41) is 3.47. The van der Waals surface area contributed by atoms with E-state index in [2.05, 4.69) is 55.2 Å². The first kappa shape index (κ1) is 15.1. The minimum atomic E-state index is 0.591. The molecule has 0 radical (unpaired) electrons. The first-order valence-electron chi connectivity index (χ1n) is 6.96. The highest BCUT2D eigenvalue weighted by atomic mass is 15.1. The highest BCUT2D eigenvalue weighted by molar-refractivity contribution is 5.09. The zero-order chi connectivity index (χ0) is 13.4. The van der Waals surface area contributed by atoms with Gasteiger partial charge in [-0.15, -0.1) is 0 Å². The molecule has 102 valence electrons. The molecule has 1 rings (SSSR count). The van der Waals surface area contributed by atoms with Crippen molar-refractivity contribution in [2.45, 2.75) is 45.7 Å². The molecular formula is C15H27N3. The standard InChI is InChI=1S/C15H27N3/c1-5-17-13(2)12-14(3)18(4)11-8-15-6-9-16-10-7-15/h6-7,9-10,13-14,17H,5,8,11-12H2,1-4H3. The SMILES string of the molecule is CCNC(C)CC(C)N(C)CCc1ccncc1. The largest absolute Gasteiger partial charge is 0.314 e. The van der Waals surface area contributed by atoms with Crippen molar-refractivity contribution >= 4 is 0 Å². The van der Waals surface area contributed by atoms with Gasteiger partial charge in [0, 0.05) is 31.0 Å². The van der Waals surface area contributed by atoms with Crippen LogP contribution in [0.4, 0.5) is 0 Å². The van der Waals surface area contributed by atoms with E-state index >= 15 is 0 Å². The molecule has 0 saturated heterocycles. The summed E-state index contributed by atoms with van der Waals surface area (Å²) in [6, 6.07) is 5.40. The number of aromatic nitrogens is 1. The molecule has 1 heterocycles. The van der Waals surface area contributed by atoms with Gasteiger partial charge in [0.05, 0.1) is 0 Å². The molecule has 0 spiro atoms. The van der Waals surface area contributed by atoms with E-state index < -0.39 is 0 Å². The Balaban J connectivity index is 2.29. The molecule has 0 bridgehead atoms. The summed E-state index contributed by atoms with van der Waals surface area (Å²) in [6.07, 6.45) is 6.03. The number of rotatable bonds is 8. The van der Waals surface area contributed by atoms with Gasteiger partial charge in [-0.1, -0.05) is 6.92 Å². The molecule has 3 heteroatoms. The number of nitrogens with one attached hydrogen (secondary N) is 1. The number of pyridine rings is 1. The lowest BCUT2D eigenvalue weighted by atomic mass is 10.1. The Labute approximate surface area is 112 Å². The van der Waals surface area contributed by atoms with E-state index in [1.165, 1.54) is 12.0 Å². The summed E-state index contributed by atoms with van der Waals surface area (Å²) in [5.74, 6) is 0. The molecule has 0 fully saturated rings. The van der Waals surface area contributed by atoms with Gasteiger partial charge in [-0.3, -0.25) is 4.98 Å². The number of likely N-dealkylation sites (N-methyl/N-ethyl adjacent to an activating group) is 1. The summed E-state index contributed by atoms with van der Waals surface area (Å²) in [6.45, 7) is 8.88. The molecule has 0 aliphatic heterocycles. The van der Waals surface area contributed by atoms with Gasteiger partial charge in [0.2, 0.25) is 0 Å². The van der Waals surface area contributed by atoms with Crippen LogP contribution >= 0.6 is 0 Å².